The van der Waals surface area contributed by atoms with Crippen molar-refractivity contribution < 1.29 is 23.9 Å². The first kappa shape index (κ1) is 27.1. The zero-order valence-electron chi connectivity index (χ0n) is 22.3. The minimum atomic E-state index is -0.458. The maximum absolute atomic E-state index is 13.2. The summed E-state index contributed by atoms with van der Waals surface area (Å²) in [5, 5.41) is 6.23. The molecule has 0 aromatic heterocycles. The van der Waals surface area contributed by atoms with Gasteiger partial charge in [-0.3, -0.25) is 14.4 Å². The third kappa shape index (κ3) is 5.98. The van der Waals surface area contributed by atoms with Crippen LogP contribution >= 0.6 is 0 Å². The normalized spacial score (nSPS) is 13.2. The lowest BCUT2D eigenvalue weighted by Crippen LogP contribution is -2.39. The van der Waals surface area contributed by atoms with Crippen molar-refractivity contribution in [2.45, 2.75) is 13.8 Å². The van der Waals surface area contributed by atoms with Crippen LogP contribution in [-0.2, 0) is 19.1 Å². The SMILES string of the molecule is CCOC(=O)c1ccc2c(c1)NC(=O)/C2=C(\Nc1ccc(N(CC(=O)N(C)C)C(C)=O)cc1)c1ccccc1. The Morgan fingerprint density at radius 1 is 0.923 bits per heavy atom. The lowest BCUT2D eigenvalue weighted by Gasteiger charge is -2.23. The van der Waals surface area contributed by atoms with E-state index in [0.29, 0.717) is 39.5 Å². The molecule has 0 atom stereocenters. The zero-order chi connectivity index (χ0) is 28.1. The van der Waals surface area contributed by atoms with E-state index in [0.717, 1.165) is 5.56 Å². The van der Waals surface area contributed by atoms with Crippen molar-refractivity contribution in [3.8, 4) is 0 Å². The Kier molecular flexibility index (Phi) is 8.10. The third-order valence-corrected chi connectivity index (χ3v) is 6.21. The summed E-state index contributed by atoms with van der Waals surface area (Å²) in [6.45, 7) is 3.33. The van der Waals surface area contributed by atoms with Gasteiger partial charge >= 0.3 is 5.97 Å². The van der Waals surface area contributed by atoms with E-state index < -0.39 is 5.97 Å². The van der Waals surface area contributed by atoms with Gasteiger partial charge in [0, 0.05) is 38.0 Å². The lowest BCUT2D eigenvalue weighted by atomic mass is 9.99. The first-order valence-corrected chi connectivity index (χ1v) is 12.5. The molecule has 39 heavy (non-hydrogen) atoms. The highest BCUT2D eigenvalue weighted by Crippen LogP contribution is 2.38. The first-order valence-electron chi connectivity index (χ1n) is 12.5. The second-order valence-corrected chi connectivity index (χ2v) is 9.12. The van der Waals surface area contributed by atoms with Crippen molar-refractivity contribution in [1.82, 2.24) is 4.90 Å². The molecule has 3 aromatic rings. The summed E-state index contributed by atoms with van der Waals surface area (Å²) in [6, 6.07) is 21.5. The molecule has 1 heterocycles. The third-order valence-electron chi connectivity index (χ3n) is 6.21. The number of hydrogen-bond acceptors (Lipinski definition) is 6. The molecule has 2 N–H and O–H groups in total. The number of carbonyl (C=O) groups is 4. The van der Waals surface area contributed by atoms with Gasteiger partial charge in [-0.1, -0.05) is 36.4 Å². The summed E-state index contributed by atoms with van der Waals surface area (Å²) in [7, 11) is 3.28. The molecular formula is C30H30N4O5. The molecule has 0 aliphatic carbocycles. The van der Waals surface area contributed by atoms with Gasteiger partial charge in [-0.05, 0) is 48.9 Å². The largest absolute Gasteiger partial charge is 0.462 e. The highest BCUT2D eigenvalue weighted by molar-refractivity contribution is 6.37. The maximum Gasteiger partial charge on any atom is 0.338 e. The van der Waals surface area contributed by atoms with Crippen molar-refractivity contribution in [1.29, 1.82) is 0 Å². The number of hydrogen-bond donors (Lipinski definition) is 2. The van der Waals surface area contributed by atoms with Crippen LogP contribution in [0.1, 0.15) is 35.3 Å². The fourth-order valence-corrected chi connectivity index (χ4v) is 4.18. The molecule has 0 spiro atoms. The predicted molar refractivity (Wildman–Crippen MR) is 151 cm³/mol. The van der Waals surface area contributed by atoms with Gasteiger partial charge in [0.2, 0.25) is 11.8 Å². The highest BCUT2D eigenvalue weighted by Gasteiger charge is 2.29. The summed E-state index contributed by atoms with van der Waals surface area (Å²) >= 11 is 0. The molecule has 0 unspecified atom stereocenters. The van der Waals surface area contributed by atoms with E-state index in [-0.39, 0.29) is 30.9 Å². The van der Waals surface area contributed by atoms with Crippen LogP contribution in [0.3, 0.4) is 0 Å². The molecule has 0 saturated heterocycles. The number of rotatable bonds is 8. The number of esters is 1. The minimum absolute atomic E-state index is 0.0703. The standard InChI is InChI=1S/C30H30N4O5/c1-5-39-30(38)21-11-16-24-25(17-21)32-29(37)27(24)28(20-9-7-6-8-10-20)31-22-12-14-23(15-13-22)34(19(2)35)18-26(36)33(3)4/h6-17,31H,5,18H2,1-4H3,(H,32,37)/b28-27-. The molecular weight excluding hydrogens is 496 g/mol. The van der Waals surface area contributed by atoms with E-state index in [4.69, 9.17) is 4.74 Å². The molecule has 1 aliphatic rings. The Bertz CT molecular complexity index is 1450. The van der Waals surface area contributed by atoms with Crippen molar-refractivity contribution >= 4 is 52.0 Å². The van der Waals surface area contributed by atoms with Crippen LogP contribution in [0, 0.1) is 0 Å². The molecule has 3 aromatic carbocycles. The Balaban J connectivity index is 1.71. The average Bonchev–Trinajstić information content (AvgIpc) is 3.25. The fourth-order valence-electron chi connectivity index (χ4n) is 4.18. The number of carbonyl (C=O) groups excluding carboxylic acids is 4. The summed E-state index contributed by atoms with van der Waals surface area (Å²) in [5.74, 6) is -1.21. The molecule has 9 heteroatoms. The molecule has 1 aliphatic heterocycles. The van der Waals surface area contributed by atoms with Crippen LogP contribution in [0.2, 0.25) is 0 Å². The van der Waals surface area contributed by atoms with Gasteiger partial charge in [-0.15, -0.1) is 0 Å². The Morgan fingerprint density at radius 2 is 1.62 bits per heavy atom. The van der Waals surface area contributed by atoms with E-state index in [1.54, 1.807) is 63.5 Å². The zero-order valence-corrected chi connectivity index (χ0v) is 22.3. The van der Waals surface area contributed by atoms with Crippen LogP contribution in [0.15, 0.2) is 72.8 Å². The Labute approximate surface area is 227 Å². The lowest BCUT2D eigenvalue weighted by molar-refractivity contribution is -0.129. The van der Waals surface area contributed by atoms with Crippen LogP contribution in [0.5, 0.6) is 0 Å². The summed E-state index contributed by atoms with van der Waals surface area (Å²) < 4.78 is 5.09. The molecule has 4 rings (SSSR count). The monoisotopic (exact) mass is 526 g/mol. The van der Waals surface area contributed by atoms with E-state index in [1.165, 1.54) is 16.7 Å². The fraction of sp³-hybridized carbons (Fsp3) is 0.200. The van der Waals surface area contributed by atoms with Crippen molar-refractivity contribution in [3.05, 3.63) is 89.5 Å². The van der Waals surface area contributed by atoms with Crippen LogP contribution in [0.25, 0.3) is 11.3 Å². The smallest absolute Gasteiger partial charge is 0.338 e. The van der Waals surface area contributed by atoms with E-state index in [2.05, 4.69) is 10.6 Å². The summed E-state index contributed by atoms with van der Waals surface area (Å²) in [6.07, 6.45) is 0. The average molecular weight is 527 g/mol. The van der Waals surface area contributed by atoms with Gasteiger partial charge in [0.05, 0.1) is 29.1 Å². The minimum Gasteiger partial charge on any atom is -0.462 e. The number of benzene rings is 3. The molecule has 0 fully saturated rings. The molecule has 0 saturated carbocycles. The number of ether oxygens (including phenoxy) is 1. The van der Waals surface area contributed by atoms with Gasteiger partial charge in [0.15, 0.2) is 0 Å². The van der Waals surface area contributed by atoms with Gasteiger partial charge < -0.3 is 25.2 Å². The quantitative estimate of drug-likeness (QED) is 0.336. The number of nitrogens with zero attached hydrogens (tertiary/aromatic N) is 2. The van der Waals surface area contributed by atoms with Crippen LogP contribution < -0.4 is 15.5 Å². The Morgan fingerprint density at radius 3 is 2.23 bits per heavy atom. The van der Waals surface area contributed by atoms with Gasteiger partial charge in [0.25, 0.3) is 5.91 Å². The second kappa shape index (κ2) is 11.6. The topological polar surface area (TPSA) is 108 Å². The van der Waals surface area contributed by atoms with Gasteiger partial charge in [-0.2, -0.15) is 0 Å². The molecule has 9 nitrogen and oxygen atoms in total. The number of likely N-dealkylation sites (N-methyl/N-ethyl adjacent to an activating group) is 1. The second-order valence-electron chi connectivity index (χ2n) is 9.12. The van der Waals surface area contributed by atoms with Gasteiger partial charge in [-0.25, -0.2) is 4.79 Å². The highest BCUT2D eigenvalue weighted by atomic mass is 16.5. The maximum atomic E-state index is 13.2. The molecule has 0 bridgehead atoms. The van der Waals surface area contributed by atoms with Crippen LogP contribution in [0.4, 0.5) is 17.1 Å². The van der Waals surface area contributed by atoms with Crippen molar-refractivity contribution in [2.75, 3.05) is 42.8 Å². The van der Waals surface area contributed by atoms with Gasteiger partial charge in [0.1, 0.15) is 6.54 Å². The van der Waals surface area contributed by atoms with Crippen molar-refractivity contribution in [3.63, 3.8) is 0 Å². The predicted octanol–water partition coefficient (Wildman–Crippen LogP) is 4.24. The number of amides is 3. The molecule has 0 radical (unpaired) electrons. The van der Waals surface area contributed by atoms with E-state index in [9.17, 15) is 19.2 Å². The van der Waals surface area contributed by atoms with E-state index in [1.807, 2.05) is 30.3 Å². The van der Waals surface area contributed by atoms with Crippen molar-refractivity contribution in [2.24, 2.45) is 0 Å². The van der Waals surface area contributed by atoms with E-state index >= 15 is 0 Å². The molecule has 200 valence electrons. The summed E-state index contributed by atoms with van der Waals surface area (Å²) in [4.78, 5) is 52.7. The summed E-state index contributed by atoms with van der Waals surface area (Å²) in [5.41, 5.74) is 4.58. The number of nitrogens with one attached hydrogen (secondary N) is 2. The molecule has 3 amide bonds. The Hall–Kier alpha value is -4.92. The first-order chi connectivity index (χ1) is 18.7. The number of anilines is 3. The number of fused-ring (bicyclic) bond motifs is 1. The van der Waals surface area contributed by atoms with Crippen LogP contribution in [-0.4, -0.2) is 55.8 Å².